The first-order chi connectivity index (χ1) is 16.3. The van der Waals surface area contributed by atoms with Gasteiger partial charge in [-0.15, -0.1) is 16.9 Å². The Morgan fingerprint density at radius 3 is 2.82 bits per heavy atom. The zero-order valence-corrected chi connectivity index (χ0v) is 20.7. The van der Waals surface area contributed by atoms with Gasteiger partial charge in [0.2, 0.25) is 17.0 Å². The summed E-state index contributed by atoms with van der Waals surface area (Å²) >= 11 is 12.5. The van der Waals surface area contributed by atoms with E-state index in [1.54, 1.807) is 24.3 Å². The van der Waals surface area contributed by atoms with Gasteiger partial charge in [0, 0.05) is 29.0 Å². The Morgan fingerprint density at radius 1 is 1.47 bits per heavy atom. The maximum Gasteiger partial charge on any atom is 0.313 e. The zero-order chi connectivity index (χ0) is 24.5. The van der Waals surface area contributed by atoms with E-state index in [4.69, 9.17) is 11.6 Å². The second-order valence-electron chi connectivity index (χ2n) is 7.79. The van der Waals surface area contributed by atoms with Crippen LogP contribution in [0.4, 0.5) is 0 Å². The molecule has 4 atom stereocenters. The lowest BCUT2D eigenvalue weighted by atomic mass is 9.82. The van der Waals surface area contributed by atoms with Crippen molar-refractivity contribution in [2.75, 3.05) is 12.3 Å². The van der Waals surface area contributed by atoms with Crippen molar-refractivity contribution in [3.63, 3.8) is 0 Å². The monoisotopic (exact) mass is 539 g/mol. The van der Waals surface area contributed by atoms with E-state index < -0.39 is 28.0 Å². The summed E-state index contributed by atoms with van der Waals surface area (Å²) in [6.07, 6.45) is -0.0282. The molecule has 3 unspecified atom stereocenters. The molecular weight excluding hydrogens is 522 g/mol. The molecule has 0 saturated carbocycles. The van der Waals surface area contributed by atoms with Crippen molar-refractivity contribution in [2.24, 2.45) is 5.41 Å². The fraction of sp³-hybridized carbons (Fsp3) is 0.421. The largest absolute Gasteiger partial charge is 0.481 e. The number of fused-ring (bicyclic) bond motifs is 1. The number of carboxylic acid groups (broad SMARTS) is 1. The van der Waals surface area contributed by atoms with Crippen molar-refractivity contribution in [3.05, 3.63) is 34.9 Å². The van der Waals surface area contributed by atoms with Crippen molar-refractivity contribution in [3.8, 4) is 6.07 Å². The van der Waals surface area contributed by atoms with Crippen LogP contribution in [0.25, 0.3) is 0 Å². The topological polar surface area (TPSA) is 156 Å². The summed E-state index contributed by atoms with van der Waals surface area (Å²) in [5.74, 6) is -1.71. The number of halogens is 1. The quantitative estimate of drug-likeness (QED) is 0.255. The second-order valence-corrected chi connectivity index (χ2v) is 11.0. The number of thiol groups is 1. The Bertz CT molecular complexity index is 1130. The summed E-state index contributed by atoms with van der Waals surface area (Å²) in [7, 11) is 0. The molecule has 2 aliphatic heterocycles. The van der Waals surface area contributed by atoms with Crippen molar-refractivity contribution < 1.29 is 19.5 Å². The molecule has 0 spiro atoms. The summed E-state index contributed by atoms with van der Waals surface area (Å²) in [5, 5.41) is 32.5. The average molecular weight is 540 g/mol. The molecule has 2 amide bonds. The average Bonchev–Trinajstić information content (AvgIpc) is 3.33. The molecule has 34 heavy (non-hydrogen) atoms. The number of nitriles is 1. The maximum absolute atomic E-state index is 13.0. The molecule has 2 saturated heterocycles. The van der Waals surface area contributed by atoms with E-state index in [1.165, 1.54) is 16.7 Å². The summed E-state index contributed by atoms with van der Waals surface area (Å²) in [4.78, 5) is 39.6. The molecule has 0 aliphatic carbocycles. The normalized spacial score (nSPS) is 24.5. The second kappa shape index (κ2) is 10.0. The number of carboxylic acids is 1. The Labute approximate surface area is 213 Å². The first-order valence-electron chi connectivity index (χ1n) is 9.95. The number of nitrogens with zero attached hydrogens (tertiary/aromatic N) is 6. The van der Waals surface area contributed by atoms with Gasteiger partial charge in [0.1, 0.15) is 10.8 Å². The summed E-state index contributed by atoms with van der Waals surface area (Å²) in [5.41, 5.74) is -0.666. The maximum atomic E-state index is 13.0. The van der Waals surface area contributed by atoms with Gasteiger partial charge in [-0.2, -0.15) is 5.26 Å². The highest BCUT2D eigenvalue weighted by Gasteiger charge is 2.61. The van der Waals surface area contributed by atoms with E-state index in [0.717, 1.165) is 21.6 Å². The number of hydrogen-bond acceptors (Lipinski definition) is 10. The van der Waals surface area contributed by atoms with E-state index in [9.17, 15) is 24.8 Å². The first kappa shape index (κ1) is 24.6. The molecule has 1 aromatic heterocycles. The SMILES string of the molecule is N#CCC(Sc1nnn[nH]1)C1(C(=O)O)CS[C@@H]2C(N(S)C(=O)Cc3ccc(Cl)cc3)C(=O)N2C1. The number of tetrazole rings is 1. The Balaban J connectivity index is 1.48. The molecule has 2 aromatic rings. The number of nitrogens with one attached hydrogen (secondary N) is 1. The first-order valence-corrected chi connectivity index (χ1v) is 12.7. The lowest BCUT2D eigenvalue weighted by Gasteiger charge is -2.56. The molecule has 1 aromatic carbocycles. The lowest BCUT2D eigenvalue weighted by molar-refractivity contribution is -0.162. The molecule has 4 rings (SSSR count). The number of amides is 2. The Morgan fingerprint density at radius 2 is 2.21 bits per heavy atom. The molecule has 178 valence electrons. The predicted molar refractivity (Wildman–Crippen MR) is 127 cm³/mol. The minimum Gasteiger partial charge on any atom is -0.481 e. The number of carbonyl (C=O) groups excluding carboxylic acids is 2. The summed E-state index contributed by atoms with van der Waals surface area (Å²) in [6, 6.07) is 8.03. The number of rotatable bonds is 8. The summed E-state index contributed by atoms with van der Waals surface area (Å²) in [6.45, 7) is -0.0940. The third-order valence-electron chi connectivity index (χ3n) is 5.76. The number of aliphatic carboxylic acids is 1. The van der Waals surface area contributed by atoms with Crippen molar-refractivity contribution in [1.82, 2.24) is 29.8 Å². The standard InChI is InChI=1S/C19H18ClN7O4S3/c20-11-3-1-10(2-4-11)7-13(28)27(32)14-15(29)26-8-19(17(30)31,9-33-16(14)26)12(5-6-21)34-18-22-24-25-23-18/h1-4,12,14,16,32H,5,7-9H2,(H,30,31)(H,22,23,24,25)/t12?,14?,16-,19?/m1/s1. The van der Waals surface area contributed by atoms with E-state index in [1.807, 2.05) is 6.07 Å². The number of aromatic amines is 1. The van der Waals surface area contributed by atoms with Crippen LogP contribution in [-0.2, 0) is 20.8 Å². The highest BCUT2D eigenvalue weighted by molar-refractivity contribution is 8.01. The molecular formula is C19H18ClN7O4S3. The van der Waals surface area contributed by atoms with E-state index in [0.29, 0.717) is 5.02 Å². The molecule has 0 bridgehead atoms. The van der Waals surface area contributed by atoms with Crippen LogP contribution in [0.2, 0.25) is 5.02 Å². The van der Waals surface area contributed by atoms with Gasteiger partial charge in [-0.25, -0.2) is 5.10 Å². The van der Waals surface area contributed by atoms with Crippen molar-refractivity contribution >= 4 is 65.7 Å². The van der Waals surface area contributed by atoms with Crippen LogP contribution in [0.3, 0.4) is 0 Å². The Hall–Kier alpha value is -2.47. The van der Waals surface area contributed by atoms with E-state index in [-0.39, 0.29) is 42.1 Å². The van der Waals surface area contributed by atoms with Gasteiger partial charge in [0.25, 0.3) is 0 Å². The molecule has 3 heterocycles. The number of benzene rings is 1. The molecule has 15 heteroatoms. The van der Waals surface area contributed by atoms with Crippen LogP contribution in [-0.4, -0.2) is 81.7 Å². The number of carbonyl (C=O) groups is 3. The van der Waals surface area contributed by atoms with Crippen LogP contribution in [0.15, 0.2) is 29.4 Å². The zero-order valence-electron chi connectivity index (χ0n) is 17.4. The van der Waals surface area contributed by atoms with Gasteiger partial charge in [-0.3, -0.25) is 18.7 Å². The van der Waals surface area contributed by atoms with Gasteiger partial charge in [0.05, 0.1) is 12.5 Å². The number of β-lactam (4-membered cyclic amide) rings is 1. The number of thioether (sulfide) groups is 2. The number of aromatic nitrogens is 4. The van der Waals surface area contributed by atoms with Crippen LogP contribution < -0.4 is 0 Å². The van der Waals surface area contributed by atoms with Crippen molar-refractivity contribution in [1.29, 1.82) is 5.26 Å². The van der Waals surface area contributed by atoms with Gasteiger partial charge in [0.15, 0.2) is 6.04 Å². The summed E-state index contributed by atoms with van der Waals surface area (Å²) < 4.78 is 1.13. The van der Waals surface area contributed by atoms with Crippen LogP contribution in [0.5, 0.6) is 0 Å². The van der Waals surface area contributed by atoms with E-state index in [2.05, 4.69) is 33.4 Å². The van der Waals surface area contributed by atoms with E-state index >= 15 is 0 Å². The smallest absolute Gasteiger partial charge is 0.313 e. The molecule has 11 nitrogen and oxygen atoms in total. The number of hydrogen-bond donors (Lipinski definition) is 3. The third-order valence-corrected chi connectivity index (χ3v) is 9.32. The van der Waals surface area contributed by atoms with Crippen LogP contribution in [0, 0.1) is 16.7 Å². The third kappa shape index (κ3) is 4.57. The molecule has 2 aliphatic rings. The molecule has 2 fully saturated rings. The van der Waals surface area contributed by atoms with Gasteiger partial charge < -0.3 is 10.0 Å². The van der Waals surface area contributed by atoms with Gasteiger partial charge in [-0.05, 0) is 28.1 Å². The van der Waals surface area contributed by atoms with Crippen molar-refractivity contribution in [2.45, 2.75) is 34.7 Å². The fourth-order valence-electron chi connectivity index (χ4n) is 3.91. The number of H-pyrrole nitrogens is 1. The van der Waals surface area contributed by atoms with Crippen LogP contribution in [0.1, 0.15) is 12.0 Å². The van der Waals surface area contributed by atoms with Crippen LogP contribution >= 0.6 is 47.9 Å². The van der Waals surface area contributed by atoms with Gasteiger partial charge >= 0.3 is 5.97 Å². The highest BCUT2D eigenvalue weighted by atomic mass is 35.5. The minimum atomic E-state index is -1.40. The highest BCUT2D eigenvalue weighted by Crippen LogP contribution is 2.49. The Kier molecular flexibility index (Phi) is 7.27. The lowest BCUT2D eigenvalue weighted by Crippen LogP contribution is -2.74. The predicted octanol–water partition coefficient (Wildman–Crippen LogP) is 1.50. The fourth-order valence-corrected chi connectivity index (χ4v) is 7.28. The van der Waals surface area contributed by atoms with Gasteiger partial charge in [-0.1, -0.05) is 48.3 Å². The minimum absolute atomic E-state index is 0.0486. The molecule has 2 N–H and O–H groups in total. The molecule has 0 radical (unpaired) electrons.